The highest BCUT2D eigenvalue weighted by atomic mass is 16.5. The Kier molecular flexibility index (Phi) is 65.9. The monoisotopic (exact) mass is 1090 g/mol. The van der Waals surface area contributed by atoms with Crippen LogP contribution in [0.1, 0.15) is 406 Å². The van der Waals surface area contributed by atoms with Crippen LogP contribution in [0, 0.1) is 0 Å². The van der Waals surface area contributed by atoms with Crippen molar-refractivity contribution in [2.45, 2.75) is 418 Å². The molecule has 0 saturated carbocycles. The summed E-state index contributed by atoms with van der Waals surface area (Å²) >= 11 is 0. The smallest absolute Gasteiger partial charge is 0.305 e. The van der Waals surface area contributed by atoms with Crippen LogP contribution in [-0.4, -0.2) is 47.4 Å². The number of amides is 1. The van der Waals surface area contributed by atoms with Crippen LogP contribution in [-0.2, 0) is 14.3 Å². The lowest BCUT2D eigenvalue weighted by Gasteiger charge is -2.22. The van der Waals surface area contributed by atoms with E-state index in [-0.39, 0.29) is 18.5 Å². The molecule has 0 aliphatic rings. The van der Waals surface area contributed by atoms with Gasteiger partial charge in [0.2, 0.25) is 5.91 Å². The number of nitrogens with one attached hydrogen (secondary N) is 1. The third-order valence-corrected chi connectivity index (χ3v) is 16.8. The number of rotatable bonds is 67. The highest BCUT2D eigenvalue weighted by molar-refractivity contribution is 5.76. The van der Waals surface area contributed by atoms with Gasteiger partial charge in [0.25, 0.3) is 0 Å². The van der Waals surface area contributed by atoms with E-state index >= 15 is 0 Å². The molecule has 0 aromatic carbocycles. The molecular weight excluding hydrogens is 947 g/mol. The maximum Gasteiger partial charge on any atom is 0.305 e. The molecule has 0 saturated heterocycles. The molecule has 0 aliphatic heterocycles. The Labute approximate surface area is 482 Å². The number of ether oxygens (including phenoxy) is 1. The summed E-state index contributed by atoms with van der Waals surface area (Å²) < 4.78 is 5.51. The topological polar surface area (TPSA) is 95.9 Å². The quantitative estimate of drug-likeness (QED) is 0.0320. The minimum absolute atomic E-state index is 0.0153. The predicted octanol–water partition coefficient (Wildman–Crippen LogP) is 22.8. The maximum absolute atomic E-state index is 12.5. The van der Waals surface area contributed by atoms with Gasteiger partial charge in [0.05, 0.1) is 25.4 Å². The highest BCUT2D eigenvalue weighted by Gasteiger charge is 2.20. The average molecular weight is 1090 g/mol. The third-order valence-electron chi connectivity index (χ3n) is 16.8. The molecule has 0 rings (SSSR count). The normalized spacial score (nSPS) is 12.5. The summed E-state index contributed by atoms with van der Waals surface area (Å²) in [6.07, 6.45) is 82.5. The minimum atomic E-state index is -0.664. The molecule has 0 fully saturated rings. The van der Waals surface area contributed by atoms with Crippen LogP contribution >= 0.6 is 0 Å². The molecule has 0 aromatic heterocycles. The van der Waals surface area contributed by atoms with E-state index in [4.69, 9.17) is 4.74 Å². The van der Waals surface area contributed by atoms with Gasteiger partial charge in [0.15, 0.2) is 0 Å². The molecule has 458 valence electrons. The summed E-state index contributed by atoms with van der Waals surface area (Å²) in [4.78, 5) is 24.6. The Hall–Kier alpha value is -1.40. The van der Waals surface area contributed by atoms with Crippen molar-refractivity contribution in [1.82, 2.24) is 5.32 Å². The third kappa shape index (κ3) is 63.6. The Morgan fingerprint density at radius 3 is 0.922 bits per heavy atom. The van der Waals surface area contributed by atoms with Gasteiger partial charge in [-0.05, 0) is 51.4 Å². The van der Waals surface area contributed by atoms with Crippen molar-refractivity contribution < 1.29 is 24.5 Å². The van der Waals surface area contributed by atoms with Crippen molar-refractivity contribution in [2.75, 3.05) is 13.2 Å². The van der Waals surface area contributed by atoms with Crippen LogP contribution in [0.4, 0.5) is 0 Å². The molecular formula is C71H139NO5. The summed E-state index contributed by atoms with van der Waals surface area (Å²) in [5.74, 6) is -0.0149. The van der Waals surface area contributed by atoms with E-state index in [1.54, 1.807) is 0 Å². The van der Waals surface area contributed by atoms with Gasteiger partial charge in [0.1, 0.15) is 0 Å². The van der Waals surface area contributed by atoms with Crippen molar-refractivity contribution in [3.8, 4) is 0 Å². The molecule has 2 unspecified atom stereocenters. The lowest BCUT2D eigenvalue weighted by molar-refractivity contribution is -0.143. The Bertz CT molecular complexity index is 1160. The molecule has 0 aliphatic carbocycles. The molecule has 0 bridgehead atoms. The molecule has 6 heteroatoms. The van der Waals surface area contributed by atoms with Crippen molar-refractivity contribution >= 4 is 11.9 Å². The average Bonchev–Trinajstić information content (AvgIpc) is 3.43. The largest absolute Gasteiger partial charge is 0.466 e. The van der Waals surface area contributed by atoms with Crippen molar-refractivity contribution in [1.29, 1.82) is 0 Å². The van der Waals surface area contributed by atoms with Crippen LogP contribution in [0.5, 0.6) is 0 Å². The lowest BCUT2D eigenvalue weighted by Crippen LogP contribution is -2.45. The molecule has 77 heavy (non-hydrogen) atoms. The Morgan fingerprint density at radius 2 is 0.610 bits per heavy atom. The fourth-order valence-electron chi connectivity index (χ4n) is 11.4. The number of hydrogen-bond acceptors (Lipinski definition) is 5. The standard InChI is InChI=1S/C71H139NO5/c1-3-5-7-9-11-13-15-17-19-21-28-33-37-41-45-49-53-57-61-65-71(76)77-66-62-58-54-50-46-42-38-34-30-27-25-23-24-26-29-32-36-40-44-48-52-56-60-64-70(75)72-68(67-73)69(74)63-59-55-51-47-43-39-35-31-22-20-18-16-14-12-10-8-6-4-2/h17,19,68-69,73-74H,3-16,18,20-67H2,1-2H3,(H,72,75)/b19-17-. The number of unbranched alkanes of at least 4 members (excludes halogenated alkanes) is 54. The van der Waals surface area contributed by atoms with Gasteiger partial charge >= 0.3 is 5.97 Å². The first-order valence-electron chi connectivity index (χ1n) is 35.4. The number of esters is 1. The summed E-state index contributed by atoms with van der Waals surface area (Å²) in [6, 6.07) is -0.541. The van der Waals surface area contributed by atoms with Gasteiger partial charge in [-0.15, -0.1) is 0 Å². The SMILES string of the molecule is CCCCCCCC/C=C\CCCCCCCCCCCC(=O)OCCCCCCCCCCCCCCCCCCCCCCCCCC(=O)NC(CO)C(O)CCCCCCCCCCCCCCCCCCCC. The van der Waals surface area contributed by atoms with Crippen LogP contribution < -0.4 is 5.32 Å². The van der Waals surface area contributed by atoms with E-state index < -0.39 is 12.1 Å². The van der Waals surface area contributed by atoms with E-state index in [1.807, 2.05) is 0 Å². The number of carbonyl (C=O) groups excluding carboxylic acids is 2. The zero-order valence-electron chi connectivity index (χ0n) is 52.5. The van der Waals surface area contributed by atoms with Gasteiger partial charge in [-0.2, -0.15) is 0 Å². The summed E-state index contributed by atoms with van der Waals surface area (Å²) in [6.45, 7) is 4.99. The van der Waals surface area contributed by atoms with E-state index in [9.17, 15) is 19.8 Å². The molecule has 3 N–H and O–H groups in total. The van der Waals surface area contributed by atoms with Crippen molar-refractivity contribution in [3.05, 3.63) is 12.2 Å². The number of allylic oxidation sites excluding steroid dienone is 2. The molecule has 0 heterocycles. The minimum Gasteiger partial charge on any atom is -0.466 e. The second kappa shape index (κ2) is 67.1. The van der Waals surface area contributed by atoms with E-state index in [0.717, 1.165) is 38.5 Å². The van der Waals surface area contributed by atoms with E-state index in [2.05, 4.69) is 31.3 Å². The Balaban J connectivity index is 3.35. The van der Waals surface area contributed by atoms with Gasteiger partial charge in [-0.1, -0.05) is 353 Å². The number of aliphatic hydroxyl groups is 2. The molecule has 1 amide bonds. The number of carbonyl (C=O) groups is 2. The van der Waals surface area contributed by atoms with E-state index in [1.165, 1.54) is 334 Å². The molecule has 2 atom stereocenters. The molecule has 0 aromatic rings. The summed E-state index contributed by atoms with van der Waals surface area (Å²) in [5.41, 5.74) is 0. The number of hydrogen-bond donors (Lipinski definition) is 3. The van der Waals surface area contributed by atoms with Gasteiger partial charge in [-0.3, -0.25) is 9.59 Å². The summed E-state index contributed by atoms with van der Waals surface area (Å²) in [5, 5.41) is 23.4. The number of aliphatic hydroxyl groups excluding tert-OH is 2. The Morgan fingerprint density at radius 1 is 0.351 bits per heavy atom. The second-order valence-electron chi connectivity index (χ2n) is 24.6. The van der Waals surface area contributed by atoms with Crippen molar-refractivity contribution in [2.24, 2.45) is 0 Å². The first-order valence-corrected chi connectivity index (χ1v) is 35.4. The van der Waals surface area contributed by atoms with Gasteiger partial charge in [0, 0.05) is 12.8 Å². The molecule has 0 radical (unpaired) electrons. The fraction of sp³-hybridized carbons (Fsp3) is 0.944. The molecule has 6 nitrogen and oxygen atoms in total. The zero-order chi connectivity index (χ0) is 55.7. The van der Waals surface area contributed by atoms with Crippen LogP contribution in [0.15, 0.2) is 12.2 Å². The zero-order valence-corrected chi connectivity index (χ0v) is 52.5. The first-order chi connectivity index (χ1) is 38.0. The first kappa shape index (κ1) is 75.6. The van der Waals surface area contributed by atoms with Gasteiger partial charge < -0.3 is 20.3 Å². The van der Waals surface area contributed by atoms with Crippen LogP contribution in [0.2, 0.25) is 0 Å². The fourth-order valence-corrected chi connectivity index (χ4v) is 11.4. The van der Waals surface area contributed by atoms with Gasteiger partial charge in [-0.25, -0.2) is 0 Å². The molecule has 0 spiro atoms. The van der Waals surface area contributed by atoms with E-state index in [0.29, 0.717) is 25.9 Å². The highest BCUT2D eigenvalue weighted by Crippen LogP contribution is 2.19. The predicted molar refractivity (Wildman–Crippen MR) is 338 cm³/mol. The summed E-state index contributed by atoms with van der Waals surface area (Å²) in [7, 11) is 0. The van der Waals surface area contributed by atoms with Crippen LogP contribution in [0.25, 0.3) is 0 Å². The van der Waals surface area contributed by atoms with Crippen molar-refractivity contribution in [3.63, 3.8) is 0 Å². The second-order valence-corrected chi connectivity index (χ2v) is 24.6. The lowest BCUT2D eigenvalue weighted by atomic mass is 10.0. The van der Waals surface area contributed by atoms with Crippen LogP contribution in [0.3, 0.4) is 0 Å². The maximum atomic E-state index is 12.5.